The number of benzene rings is 2. The molecule has 0 heterocycles. The fourth-order valence-electron chi connectivity index (χ4n) is 2.65. The van der Waals surface area contributed by atoms with Crippen LogP contribution in [0.5, 0.6) is 0 Å². The molecule has 31 heavy (non-hydrogen) atoms. The minimum absolute atomic E-state index is 0.0575. The van der Waals surface area contributed by atoms with Gasteiger partial charge in [0.1, 0.15) is 6.29 Å². The molecule has 11 heteroatoms. The first-order chi connectivity index (χ1) is 14.4. The lowest BCUT2D eigenvalue weighted by Gasteiger charge is -2.16. The number of alkyl halides is 6. The van der Waals surface area contributed by atoms with Crippen molar-refractivity contribution in [2.75, 3.05) is 19.5 Å². The van der Waals surface area contributed by atoms with Crippen LogP contribution in [0.3, 0.4) is 0 Å². The molecular weight excluding hydrogens is 447 g/mol. The van der Waals surface area contributed by atoms with Gasteiger partial charge in [-0.3, -0.25) is 9.56 Å². The maximum Gasteiger partial charge on any atom is 0.416 e. The average Bonchev–Trinajstić information content (AvgIpc) is 2.68. The van der Waals surface area contributed by atoms with E-state index in [2.05, 4.69) is 4.99 Å². The van der Waals surface area contributed by atoms with E-state index in [-0.39, 0.29) is 30.1 Å². The predicted octanol–water partition coefficient (Wildman–Crippen LogP) is 6.79. The highest BCUT2D eigenvalue weighted by molar-refractivity contribution is 7.53. The standard InChI is InChI=1S/C20H20F6NO3P/c1-3-29-31(28,30-4-2)13-27-18(14-5-9-16(10-6-14)19(21,22)23)15-7-11-17(12-8-15)20(24,25)26/h5-12H,3-4,13H2,1-2H3. The molecule has 0 saturated carbocycles. The summed E-state index contributed by atoms with van der Waals surface area (Å²) < 4.78 is 100. The molecule has 0 radical (unpaired) electrons. The number of nitrogens with zero attached hydrogens (tertiary/aromatic N) is 1. The second-order valence-corrected chi connectivity index (χ2v) is 8.27. The van der Waals surface area contributed by atoms with E-state index in [1.165, 1.54) is 0 Å². The molecule has 0 aromatic heterocycles. The molecule has 4 nitrogen and oxygen atoms in total. The Hall–Kier alpha value is -2.16. The van der Waals surface area contributed by atoms with Gasteiger partial charge < -0.3 is 9.05 Å². The summed E-state index contributed by atoms with van der Waals surface area (Å²) in [6.07, 6.45) is -9.56. The van der Waals surface area contributed by atoms with Crippen molar-refractivity contribution in [3.05, 3.63) is 70.8 Å². The van der Waals surface area contributed by atoms with Gasteiger partial charge in [0.2, 0.25) is 0 Å². The van der Waals surface area contributed by atoms with Gasteiger partial charge in [-0.15, -0.1) is 0 Å². The van der Waals surface area contributed by atoms with E-state index < -0.39 is 37.4 Å². The molecule has 0 atom stereocenters. The smallest absolute Gasteiger partial charge is 0.308 e. The third-order valence-corrected chi connectivity index (χ3v) is 5.82. The summed E-state index contributed by atoms with van der Waals surface area (Å²) in [5.41, 5.74) is -1.32. The number of aliphatic imine (C=N–C) groups is 1. The largest absolute Gasteiger partial charge is 0.416 e. The van der Waals surface area contributed by atoms with Crippen molar-refractivity contribution in [3.8, 4) is 0 Å². The van der Waals surface area contributed by atoms with Crippen molar-refractivity contribution in [1.82, 2.24) is 0 Å². The Labute approximate surface area is 175 Å². The van der Waals surface area contributed by atoms with Crippen molar-refractivity contribution in [1.29, 1.82) is 0 Å². The van der Waals surface area contributed by atoms with E-state index in [0.29, 0.717) is 0 Å². The molecule has 0 N–H and O–H groups in total. The SMILES string of the molecule is CCOP(=O)(CN=C(c1ccc(C(F)(F)F)cc1)c1ccc(C(F)(F)F)cc1)OCC. The highest BCUT2D eigenvalue weighted by Gasteiger charge is 2.31. The zero-order chi connectivity index (χ0) is 23.3. The summed E-state index contributed by atoms with van der Waals surface area (Å²) >= 11 is 0. The minimum Gasteiger partial charge on any atom is -0.308 e. The number of hydrogen-bond donors (Lipinski definition) is 0. The number of rotatable bonds is 8. The van der Waals surface area contributed by atoms with Crippen LogP contribution in [0.25, 0.3) is 0 Å². The average molecular weight is 467 g/mol. The van der Waals surface area contributed by atoms with E-state index in [1.54, 1.807) is 13.8 Å². The molecule has 0 aliphatic rings. The van der Waals surface area contributed by atoms with Crippen LogP contribution < -0.4 is 0 Å². The van der Waals surface area contributed by atoms with Gasteiger partial charge in [-0.2, -0.15) is 26.3 Å². The second kappa shape index (κ2) is 9.97. The monoisotopic (exact) mass is 467 g/mol. The van der Waals surface area contributed by atoms with E-state index in [4.69, 9.17) is 9.05 Å². The fourth-order valence-corrected chi connectivity index (χ4v) is 3.99. The van der Waals surface area contributed by atoms with Gasteiger partial charge in [0, 0.05) is 11.1 Å². The summed E-state index contributed by atoms with van der Waals surface area (Å²) in [6.45, 7) is 3.34. The molecule has 0 aliphatic carbocycles. The summed E-state index contributed by atoms with van der Waals surface area (Å²) in [5, 5.41) is 0. The molecule has 2 aromatic carbocycles. The van der Waals surface area contributed by atoms with Crippen LogP contribution in [-0.2, 0) is 26.0 Å². The van der Waals surface area contributed by atoms with Crippen molar-refractivity contribution in [3.63, 3.8) is 0 Å². The molecule has 0 bridgehead atoms. The molecule has 0 fully saturated rings. The third-order valence-electron chi connectivity index (χ3n) is 4.02. The van der Waals surface area contributed by atoms with Crippen molar-refractivity contribution in [2.45, 2.75) is 26.2 Å². The zero-order valence-corrected chi connectivity index (χ0v) is 17.5. The maximum atomic E-state index is 12.9. The lowest BCUT2D eigenvalue weighted by Crippen LogP contribution is -2.10. The van der Waals surface area contributed by atoms with Crippen LogP contribution in [0.1, 0.15) is 36.1 Å². The van der Waals surface area contributed by atoms with Crippen LogP contribution in [0, 0.1) is 0 Å². The van der Waals surface area contributed by atoms with E-state index in [0.717, 1.165) is 48.5 Å². The fraction of sp³-hybridized carbons (Fsp3) is 0.350. The quantitative estimate of drug-likeness (QED) is 0.244. The van der Waals surface area contributed by atoms with E-state index >= 15 is 0 Å². The third kappa shape index (κ3) is 6.92. The van der Waals surface area contributed by atoms with E-state index in [9.17, 15) is 30.9 Å². The van der Waals surface area contributed by atoms with Crippen LogP contribution in [0.4, 0.5) is 26.3 Å². The van der Waals surface area contributed by atoms with Crippen LogP contribution in [0.2, 0.25) is 0 Å². The molecule has 0 saturated heterocycles. The molecule has 170 valence electrons. The van der Waals surface area contributed by atoms with Crippen molar-refractivity contribution >= 4 is 13.3 Å². The maximum absolute atomic E-state index is 12.9. The first-order valence-corrected chi connectivity index (χ1v) is 10.9. The van der Waals surface area contributed by atoms with Crippen LogP contribution in [0.15, 0.2) is 53.5 Å². The first-order valence-electron chi connectivity index (χ1n) is 9.17. The zero-order valence-electron chi connectivity index (χ0n) is 16.6. The molecule has 0 unspecified atom stereocenters. The Balaban J connectivity index is 2.50. The molecule has 0 spiro atoms. The van der Waals surface area contributed by atoms with Gasteiger partial charge in [0.25, 0.3) is 0 Å². The molecule has 2 aromatic rings. The van der Waals surface area contributed by atoms with E-state index in [1.807, 2.05) is 0 Å². The summed E-state index contributed by atoms with van der Waals surface area (Å²) in [5.74, 6) is 0. The van der Waals surface area contributed by atoms with Gasteiger partial charge >= 0.3 is 19.9 Å². The highest BCUT2D eigenvalue weighted by atomic mass is 31.2. The highest BCUT2D eigenvalue weighted by Crippen LogP contribution is 2.48. The van der Waals surface area contributed by atoms with Gasteiger partial charge in [-0.25, -0.2) is 0 Å². The van der Waals surface area contributed by atoms with Crippen LogP contribution >= 0.6 is 7.60 Å². The van der Waals surface area contributed by atoms with Gasteiger partial charge in [-0.1, -0.05) is 24.3 Å². The summed E-state index contributed by atoms with van der Waals surface area (Å²) in [7, 11) is -3.63. The van der Waals surface area contributed by atoms with Crippen molar-refractivity contribution < 1.29 is 40.0 Å². The van der Waals surface area contributed by atoms with Gasteiger partial charge in [-0.05, 0) is 38.1 Å². The predicted molar refractivity (Wildman–Crippen MR) is 104 cm³/mol. The number of hydrogen-bond acceptors (Lipinski definition) is 4. The topological polar surface area (TPSA) is 47.9 Å². The lowest BCUT2D eigenvalue weighted by atomic mass is 9.99. The molecule has 0 amide bonds. The molecule has 2 rings (SSSR count). The first kappa shape index (κ1) is 25.1. The number of halogens is 6. The van der Waals surface area contributed by atoms with Crippen molar-refractivity contribution in [2.24, 2.45) is 4.99 Å². The minimum atomic E-state index is -4.55. The van der Waals surface area contributed by atoms with Gasteiger partial charge in [0.05, 0.1) is 30.1 Å². The Morgan fingerprint density at radius 1 is 0.774 bits per heavy atom. The Morgan fingerprint density at radius 2 is 1.13 bits per heavy atom. The second-order valence-electron chi connectivity index (χ2n) is 6.24. The summed E-state index contributed by atoms with van der Waals surface area (Å²) in [6, 6.07) is 7.91. The van der Waals surface area contributed by atoms with Crippen LogP contribution in [-0.4, -0.2) is 25.2 Å². The normalized spacial score (nSPS) is 12.6. The lowest BCUT2D eigenvalue weighted by molar-refractivity contribution is -0.138. The van der Waals surface area contributed by atoms with Gasteiger partial charge in [0.15, 0.2) is 0 Å². The molecular formula is C20H20F6NO3P. The Morgan fingerprint density at radius 3 is 1.42 bits per heavy atom. The Bertz CT molecular complexity index is 868. The molecule has 0 aliphatic heterocycles. The Kier molecular flexibility index (Phi) is 8.08. The summed E-state index contributed by atoms with van der Waals surface area (Å²) in [4.78, 5) is 4.20.